The first-order valence-corrected chi connectivity index (χ1v) is 6.67. The van der Waals surface area contributed by atoms with Gasteiger partial charge in [-0.05, 0) is 42.8 Å². The highest BCUT2D eigenvalue weighted by atomic mass is 19.1. The maximum absolute atomic E-state index is 13.8. The van der Waals surface area contributed by atoms with Crippen molar-refractivity contribution in [3.63, 3.8) is 0 Å². The van der Waals surface area contributed by atoms with Gasteiger partial charge in [-0.25, -0.2) is 4.39 Å². The lowest BCUT2D eigenvalue weighted by Crippen LogP contribution is -2.20. The molecule has 0 unspecified atom stereocenters. The second kappa shape index (κ2) is 4.81. The lowest BCUT2D eigenvalue weighted by molar-refractivity contribution is -0.117. The van der Waals surface area contributed by atoms with Crippen molar-refractivity contribution in [1.82, 2.24) is 0 Å². The Labute approximate surface area is 122 Å². The molecule has 3 rings (SSSR count). The molecule has 1 aliphatic rings. The predicted octanol–water partition coefficient (Wildman–Crippen LogP) is 2.88. The van der Waals surface area contributed by atoms with Gasteiger partial charge in [0.05, 0.1) is 12.0 Å². The number of amides is 1. The topological polar surface area (TPSA) is 37.4 Å². The van der Waals surface area contributed by atoms with E-state index in [-0.39, 0.29) is 23.7 Å². The predicted molar refractivity (Wildman–Crippen MR) is 78.1 cm³/mol. The molecular weight excluding hydrogens is 269 g/mol. The maximum Gasteiger partial charge on any atom is 0.231 e. The number of anilines is 1. The summed E-state index contributed by atoms with van der Waals surface area (Å²) in [6.07, 6.45) is 0.281. The van der Waals surface area contributed by atoms with E-state index in [0.717, 1.165) is 16.8 Å². The molecule has 0 radical (unpaired) electrons. The van der Waals surface area contributed by atoms with Crippen molar-refractivity contribution in [2.75, 3.05) is 11.9 Å². The second-order valence-electron chi connectivity index (χ2n) is 5.29. The molecule has 3 nitrogen and oxygen atoms in total. The minimum Gasteiger partial charge on any atom is -0.315 e. The van der Waals surface area contributed by atoms with Crippen molar-refractivity contribution in [2.45, 2.75) is 13.3 Å². The Kier molecular flexibility index (Phi) is 3.09. The van der Waals surface area contributed by atoms with Crippen molar-refractivity contribution >= 4 is 17.4 Å². The highest BCUT2D eigenvalue weighted by Gasteiger charge is 2.25. The van der Waals surface area contributed by atoms with Gasteiger partial charge in [-0.2, -0.15) is 0 Å². The molecule has 1 aliphatic heterocycles. The van der Waals surface area contributed by atoms with E-state index in [2.05, 4.69) is 0 Å². The van der Waals surface area contributed by atoms with E-state index >= 15 is 0 Å². The van der Waals surface area contributed by atoms with Crippen LogP contribution in [0.5, 0.6) is 0 Å². The quantitative estimate of drug-likeness (QED) is 0.795. The number of nitrogens with zero attached hydrogens (tertiary/aromatic N) is 1. The number of likely N-dealkylation sites (N-methyl/N-ethyl adjacent to an activating group) is 1. The summed E-state index contributed by atoms with van der Waals surface area (Å²) in [4.78, 5) is 25.7. The zero-order valence-corrected chi connectivity index (χ0v) is 11.8. The van der Waals surface area contributed by atoms with Crippen LogP contribution in [0.3, 0.4) is 0 Å². The normalized spacial score (nSPS) is 13.5. The Bertz CT molecular complexity index is 767. The third-order valence-corrected chi connectivity index (χ3v) is 3.79. The molecular formula is C17H14FNO2. The average molecular weight is 283 g/mol. The molecule has 0 saturated carbocycles. The Balaban J connectivity index is 2.02. The molecule has 4 heteroatoms. The largest absolute Gasteiger partial charge is 0.315 e. The van der Waals surface area contributed by atoms with Gasteiger partial charge in [0, 0.05) is 18.3 Å². The Hall–Kier alpha value is -2.49. The first kappa shape index (κ1) is 13.5. The SMILES string of the molecule is Cc1ccc(F)c(C(=O)c2ccc3c(c2)CC(=O)N3C)c1. The fraction of sp³-hybridized carbons (Fsp3) is 0.176. The van der Waals surface area contributed by atoms with E-state index in [1.165, 1.54) is 6.07 Å². The molecule has 2 aromatic carbocycles. The third-order valence-electron chi connectivity index (χ3n) is 3.79. The number of carbonyl (C=O) groups is 2. The number of benzene rings is 2. The number of carbonyl (C=O) groups excluding carboxylic acids is 2. The van der Waals surface area contributed by atoms with Crippen LogP contribution in [0.1, 0.15) is 27.0 Å². The number of ketones is 1. The number of hydrogen-bond acceptors (Lipinski definition) is 2. The van der Waals surface area contributed by atoms with Crippen LogP contribution >= 0.6 is 0 Å². The van der Waals surface area contributed by atoms with Gasteiger partial charge < -0.3 is 4.90 Å². The molecule has 0 saturated heterocycles. The molecule has 0 aliphatic carbocycles. The van der Waals surface area contributed by atoms with E-state index in [9.17, 15) is 14.0 Å². The summed E-state index contributed by atoms with van der Waals surface area (Å²) in [6.45, 7) is 1.81. The van der Waals surface area contributed by atoms with E-state index < -0.39 is 5.82 Å². The number of rotatable bonds is 2. The molecule has 2 aromatic rings. The van der Waals surface area contributed by atoms with Gasteiger partial charge in [0.1, 0.15) is 5.82 Å². The smallest absolute Gasteiger partial charge is 0.231 e. The first-order chi connectivity index (χ1) is 9.97. The molecule has 0 fully saturated rings. The number of halogens is 1. The summed E-state index contributed by atoms with van der Waals surface area (Å²) < 4.78 is 13.8. The van der Waals surface area contributed by atoms with Gasteiger partial charge in [-0.3, -0.25) is 9.59 Å². The summed E-state index contributed by atoms with van der Waals surface area (Å²) >= 11 is 0. The van der Waals surface area contributed by atoms with Crippen molar-refractivity contribution in [3.05, 3.63) is 64.5 Å². The van der Waals surface area contributed by atoms with E-state index in [0.29, 0.717) is 5.56 Å². The highest BCUT2D eigenvalue weighted by Crippen LogP contribution is 2.29. The van der Waals surface area contributed by atoms with E-state index in [1.54, 1.807) is 42.3 Å². The summed E-state index contributed by atoms with van der Waals surface area (Å²) in [5.41, 5.74) is 2.91. The van der Waals surface area contributed by atoms with Crippen LogP contribution in [-0.2, 0) is 11.2 Å². The van der Waals surface area contributed by atoms with E-state index in [4.69, 9.17) is 0 Å². The van der Waals surface area contributed by atoms with Crippen LogP contribution in [0.2, 0.25) is 0 Å². The van der Waals surface area contributed by atoms with Crippen molar-refractivity contribution in [2.24, 2.45) is 0 Å². The molecule has 1 amide bonds. The maximum atomic E-state index is 13.8. The number of hydrogen-bond donors (Lipinski definition) is 0. The fourth-order valence-electron chi connectivity index (χ4n) is 2.58. The molecule has 0 atom stereocenters. The monoisotopic (exact) mass is 283 g/mol. The summed E-state index contributed by atoms with van der Waals surface area (Å²) in [5, 5.41) is 0. The van der Waals surface area contributed by atoms with Gasteiger partial charge in [-0.1, -0.05) is 11.6 Å². The standard InChI is InChI=1S/C17H14FNO2/c1-10-3-5-14(18)13(7-10)17(21)11-4-6-15-12(8-11)9-16(20)19(15)2/h3-8H,9H2,1-2H3. The molecule has 106 valence electrons. The van der Waals surface area contributed by atoms with Gasteiger partial charge in [-0.15, -0.1) is 0 Å². The van der Waals surface area contributed by atoms with Gasteiger partial charge in [0.25, 0.3) is 0 Å². The molecule has 21 heavy (non-hydrogen) atoms. The van der Waals surface area contributed by atoms with Gasteiger partial charge in [0.15, 0.2) is 5.78 Å². The molecule has 0 aromatic heterocycles. The van der Waals surface area contributed by atoms with Crippen LogP contribution in [0.4, 0.5) is 10.1 Å². The van der Waals surface area contributed by atoms with E-state index in [1.807, 2.05) is 6.92 Å². The van der Waals surface area contributed by atoms with Crippen LogP contribution < -0.4 is 4.90 Å². The molecule has 1 heterocycles. The van der Waals surface area contributed by atoms with Crippen LogP contribution in [-0.4, -0.2) is 18.7 Å². The van der Waals surface area contributed by atoms with Crippen LogP contribution in [0.15, 0.2) is 36.4 Å². The lowest BCUT2D eigenvalue weighted by atomic mass is 9.98. The zero-order valence-electron chi connectivity index (χ0n) is 11.8. The number of aryl methyl sites for hydroxylation is 1. The highest BCUT2D eigenvalue weighted by molar-refractivity contribution is 6.10. The minimum absolute atomic E-state index is 0.00339. The Morgan fingerprint density at radius 3 is 2.71 bits per heavy atom. The van der Waals surface area contributed by atoms with Gasteiger partial charge >= 0.3 is 0 Å². The van der Waals surface area contributed by atoms with Crippen LogP contribution in [0, 0.1) is 12.7 Å². The minimum atomic E-state index is -0.528. The van der Waals surface area contributed by atoms with Crippen molar-refractivity contribution in [1.29, 1.82) is 0 Å². The Morgan fingerprint density at radius 1 is 1.19 bits per heavy atom. The summed E-state index contributed by atoms with van der Waals surface area (Å²) in [7, 11) is 1.70. The van der Waals surface area contributed by atoms with Crippen molar-refractivity contribution in [3.8, 4) is 0 Å². The van der Waals surface area contributed by atoms with Crippen molar-refractivity contribution < 1.29 is 14.0 Å². The van der Waals surface area contributed by atoms with Gasteiger partial charge in [0.2, 0.25) is 5.91 Å². The average Bonchev–Trinajstić information content (AvgIpc) is 2.75. The molecule has 0 bridgehead atoms. The lowest BCUT2D eigenvalue weighted by Gasteiger charge is -2.10. The fourth-order valence-corrected chi connectivity index (χ4v) is 2.58. The first-order valence-electron chi connectivity index (χ1n) is 6.67. The summed E-state index contributed by atoms with van der Waals surface area (Å²) in [6, 6.07) is 9.53. The van der Waals surface area contributed by atoms with Crippen LogP contribution in [0.25, 0.3) is 0 Å². The number of fused-ring (bicyclic) bond motifs is 1. The molecule has 0 N–H and O–H groups in total. The Morgan fingerprint density at radius 2 is 1.95 bits per heavy atom. The third kappa shape index (κ3) is 2.23. The zero-order chi connectivity index (χ0) is 15.1. The second-order valence-corrected chi connectivity index (χ2v) is 5.29. The summed E-state index contributed by atoms with van der Waals surface area (Å²) in [5.74, 6) is -0.892. The molecule has 0 spiro atoms.